The maximum absolute atomic E-state index is 12.0. The number of carbonyl (C=O) groups excluding carboxylic acids is 1. The topological polar surface area (TPSA) is 125 Å². The van der Waals surface area contributed by atoms with Crippen molar-refractivity contribution < 1.29 is 23.2 Å². The van der Waals surface area contributed by atoms with Gasteiger partial charge in [0.05, 0.1) is 12.8 Å². The summed E-state index contributed by atoms with van der Waals surface area (Å²) in [7, 11) is 0. The normalized spacial score (nSPS) is 11.0. The third-order valence-corrected chi connectivity index (χ3v) is 2.76. The van der Waals surface area contributed by atoms with E-state index in [1.807, 2.05) is 0 Å². The van der Waals surface area contributed by atoms with Crippen molar-refractivity contribution in [3.63, 3.8) is 0 Å². The Morgan fingerprint density at radius 2 is 2.16 bits per heavy atom. The van der Waals surface area contributed by atoms with Gasteiger partial charge in [-0.25, -0.2) is 5.43 Å². The van der Waals surface area contributed by atoms with E-state index in [4.69, 9.17) is 0 Å². The molecule has 1 aromatic carbocycles. The highest BCUT2D eigenvalue weighted by Crippen LogP contribution is 2.13. The first kappa shape index (κ1) is 17.9. The lowest BCUT2D eigenvalue weighted by Gasteiger charge is -2.03. The van der Waals surface area contributed by atoms with E-state index in [0.29, 0.717) is 5.56 Å². The van der Waals surface area contributed by atoms with Gasteiger partial charge in [0.2, 0.25) is 12.2 Å². The van der Waals surface area contributed by atoms with Crippen LogP contribution in [0.3, 0.4) is 0 Å². The van der Waals surface area contributed by atoms with Gasteiger partial charge in [0.15, 0.2) is 0 Å². The monoisotopic (exact) mass is 354 g/mol. The molecule has 12 heteroatoms. The second kappa shape index (κ2) is 8.42. The van der Waals surface area contributed by atoms with Crippen LogP contribution in [0.15, 0.2) is 35.7 Å². The van der Waals surface area contributed by atoms with Gasteiger partial charge in [-0.3, -0.25) is 4.79 Å². The molecule has 0 saturated heterocycles. The van der Waals surface area contributed by atoms with Gasteiger partial charge in [-0.05, 0) is 34.8 Å². The number of amides is 1. The fraction of sp³-hybridized carbons (Fsp3) is 0.231. The molecule has 1 N–H and O–H groups in total. The summed E-state index contributed by atoms with van der Waals surface area (Å²) in [5.74, 6) is -0.970. The predicted molar refractivity (Wildman–Crippen MR) is 80.1 cm³/mol. The standard InChI is InChI=1S/C13H12F2N6O4/c14-12(15)25-10-3-1-9(2-4-10)7-17-18-11(22)5-6-20-8-16-13(19-20)21(23)24/h1-4,7-8,12H,5-6H2,(H,18,22). The Balaban J connectivity index is 1.76. The molecule has 1 amide bonds. The SMILES string of the molecule is O=C(CCn1cnc([N+](=O)[O-])n1)NN=Cc1ccc(OC(F)F)cc1. The van der Waals surface area contributed by atoms with E-state index in [9.17, 15) is 23.7 Å². The van der Waals surface area contributed by atoms with E-state index in [2.05, 4.69) is 25.3 Å². The largest absolute Gasteiger partial charge is 0.490 e. The van der Waals surface area contributed by atoms with E-state index >= 15 is 0 Å². The molecule has 1 heterocycles. The number of carbonyl (C=O) groups is 1. The molecule has 132 valence electrons. The number of hydrogen-bond donors (Lipinski definition) is 1. The number of aryl methyl sites for hydroxylation is 1. The number of hydrogen-bond acceptors (Lipinski definition) is 7. The summed E-state index contributed by atoms with van der Waals surface area (Å²) >= 11 is 0. The molecule has 0 aliphatic carbocycles. The third-order valence-electron chi connectivity index (χ3n) is 2.76. The minimum absolute atomic E-state index is 0.0121. The summed E-state index contributed by atoms with van der Waals surface area (Å²) in [5, 5.41) is 17.7. The molecule has 2 aromatic rings. The lowest BCUT2D eigenvalue weighted by molar-refractivity contribution is -0.394. The Morgan fingerprint density at radius 3 is 2.76 bits per heavy atom. The van der Waals surface area contributed by atoms with Crippen LogP contribution < -0.4 is 10.2 Å². The number of nitro groups is 1. The smallest absolute Gasteiger partial charge is 0.435 e. The van der Waals surface area contributed by atoms with Crippen LogP contribution in [0.4, 0.5) is 14.7 Å². The molecule has 0 fully saturated rings. The molecule has 0 aliphatic heterocycles. The molecule has 0 aliphatic rings. The average Bonchev–Trinajstić information content (AvgIpc) is 3.03. The molecule has 0 bridgehead atoms. The van der Waals surface area contributed by atoms with Crippen LogP contribution in [0.2, 0.25) is 0 Å². The molecular formula is C13H12F2N6O4. The Hall–Kier alpha value is -3.44. The van der Waals surface area contributed by atoms with Crippen LogP contribution in [0.25, 0.3) is 0 Å². The van der Waals surface area contributed by atoms with Gasteiger partial charge in [-0.2, -0.15) is 18.6 Å². The van der Waals surface area contributed by atoms with Gasteiger partial charge in [0, 0.05) is 11.5 Å². The number of nitrogens with one attached hydrogen (secondary N) is 1. The fourth-order valence-corrected chi connectivity index (χ4v) is 1.66. The molecule has 0 radical (unpaired) electrons. The molecule has 2 rings (SSSR count). The van der Waals surface area contributed by atoms with Crippen molar-refractivity contribution in [3.8, 4) is 5.75 Å². The number of rotatable bonds is 8. The van der Waals surface area contributed by atoms with Crippen molar-refractivity contribution in [2.45, 2.75) is 19.6 Å². The Bertz CT molecular complexity index is 762. The Morgan fingerprint density at radius 1 is 1.44 bits per heavy atom. The van der Waals surface area contributed by atoms with E-state index in [0.717, 1.165) is 6.33 Å². The second-order valence-electron chi connectivity index (χ2n) is 4.56. The summed E-state index contributed by atoms with van der Waals surface area (Å²) < 4.78 is 29.4. The van der Waals surface area contributed by atoms with E-state index in [1.165, 1.54) is 35.2 Å². The first-order chi connectivity index (χ1) is 11.9. The molecule has 0 atom stereocenters. The van der Waals surface area contributed by atoms with Crippen molar-refractivity contribution >= 4 is 18.1 Å². The third kappa shape index (κ3) is 5.93. The molecule has 25 heavy (non-hydrogen) atoms. The highest BCUT2D eigenvalue weighted by atomic mass is 19.3. The number of hydrazone groups is 1. The van der Waals surface area contributed by atoms with Crippen LogP contribution in [0, 0.1) is 10.1 Å². The van der Waals surface area contributed by atoms with Crippen LogP contribution in [0.5, 0.6) is 5.75 Å². The average molecular weight is 354 g/mol. The number of aromatic nitrogens is 3. The molecule has 0 spiro atoms. The van der Waals surface area contributed by atoms with Gasteiger partial charge in [0.25, 0.3) is 0 Å². The van der Waals surface area contributed by atoms with Crippen LogP contribution in [-0.2, 0) is 11.3 Å². The van der Waals surface area contributed by atoms with Crippen molar-refractivity contribution in [2.75, 3.05) is 0 Å². The quantitative estimate of drug-likeness (QED) is 0.433. The summed E-state index contributed by atoms with van der Waals surface area (Å²) in [6.07, 6.45) is 2.46. The van der Waals surface area contributed by atoms with E-state index in [-0.39, 0.29) is 18.7 Å². The lowest BCUT2D eigenvalue weighted by atomic mass is 10.2. The van der Waals surface area contributed by atoms with E-state index < -0.39 is 23.4 Å². The van der Waals surface area contributed by atoms with Crippen molar-refractivity contribution in [1.29, 1.82) is 0 Å². The zero-order valence-corrected chi connectivity index (χ0v) is 12.6. The number of nitrogens with zero attached hydrogens (tertiary/aromatic N) is 5. The summed E-state index contributed by atoms with van der Waals surface area (Å²) in [6, 6.07) is 5.66. The Kier molecular flexibility index (Phi) is 6.03. The summed E-state index contributed by atoms with van der Waals surface area (Å²) in [4.78, 5) is 24.7. The van der Waals surface area contributed by atoms with E-state index in [1.54, 1.807) is 0 Å². The number of alkyl halides is 2. The molecular weight excluding hydrogens is 342 g/mol. The van der Waals surface area contributed by atoms with Gasteiger partial charge >= 0.3 is 12.6 Å². The number of halogens is 2. The maximum atomic E-state index is 12.0. The van der Waals surface area contributed by atoms with Gasteiger partial charge < -0.3 is 14.9 Å². The number of ether oxygens (including phenoxy) is 1. The fourth-order valence-electron chi connectivity index (χ4n) is 1.66. The minimum Gasteiger partial charge on any atom is -0.435 e. The van der Waals surface area contributed by atoms with Gasteiger partial charge in [0.1, 0.15) is 5.75 Å². The second-order valence-corrected chi connectivity index (χ2v) is 4.56. The summed E-state index contributed by atoms with van der Waals surface area (Å²) in [5.41, 5.74) is 2.83. The lowest BCUT2D eigenvalue weighted by Crippen LogP contribution is -2.19. The van der Waals surface area contributed by atoms with Gasteiger partial charge in [-0.15, -0.1) is 0 Å². The minimum atomic E-state index is -2.90. The van der Waals surface area contributed by atoms with Crippen molar-refractivity contribution in [3.05, 3.63) is 46.3 Å². The van der Waals surface area contributed by atoms with Crippen molar-refractivity contribution in [1.82, 2.24) is 20.2 Å². The van der Waals surface area contributed by atoms with Crippen LogP contribution in [-0.4, -0.2) is 38.4 Å². The highest BCUT2D eigenvalue weighted by Gasteiger charge is 2.13. The first-order valence-corrected chi connectivity index (χ1v) is 6.84. The predicted octanol–water partition coefficient (Wildman–Crippen LogP) is 1.33. The maximum Gasteiger partial charge on any atom is 0.490 e. The zero-order valence-electron chi connectivity index (χ0n) is 12.6. The molecule has 0 saturated carbocycles. The van der Waals surface area contributed by atoms with Crippen LogP contribution >= 0.6 is 0 Å². The first-order valence-electron chi connectivity index (χ1n) is 6.84. The summed E-state index contributed by atoms with van der Waals surface area (Å²) in [6.45, 7) is -2.80. The highest BCUT2D eigenvalue weighted by molar-refractivity contribution is 5.82. The van der Waals surface area contributed by atoms with Crippen LogP contribution in [0.1, 0.15) is 12.0 Å². The zero-order chi connectivity index (χ0) is 18.2. The number of benzene rings is 1. The molecule has 1 aromatic heterocycles. The van der Waals surface area contributed by atoms with Crippen molar-refractivity contribution in [2.24, 2.45) is 5.10 Å². The molecule has 0 unspecified atom stereocenters. The molecule has 10 nitrogen and oxygen atoms in total. The van der Waals surface area contributed by atoms with Gasteiger partial charge in [-0.1, -0.05) is 4.98 Å². The Labute approximate surface area is 139 Å².